The van der Waals surface area contributed by atoms with Gasteiger partial charge in [0.05, 0.1) is 11.4 Å². The first-order chi connectivity index (χ1) is 15.8. The van der Waals surface area contributed by atoms with Crippen molar-refractivity contribution >= 4 is 28.8 Å². The monoisotopic (exact) mass is 444 g/mol. The number of para-hydroxylation sites is 1. The molecule has 5 rings (SSSR count). The highest BCUT2D eigenvalue weighted by Crippen LogP contribution is 2.26. The summed E-state index contributed by atoms with van der Waals surface area (Å²) in [5, 5.41) is 9.20. The van der Waals surface area contributed by atoms with Crippen LogP contribution in [0.1, 0.15) is 18.4 Å². The molecule has 32 heavy (non-hydrogen) atoms. The summed E-state index contributed by atoms with van der Waals surface area (Å²) in [6.45, 7) is 1.64. The molecule has 3 heterocycles. The summed E-state index contributed by atoms with van der Waals surface area (Å²) < 4.78 is 1.69. The van der Waals surface area contributed by atoms with Crippen LogP contribution in [-0.2, 0) is 11.2 Å². The van der Waals surface area contributed by atoms with E-state index < -0.39 is 0 Å². The van der Waals surface area contributed by atoms with Gasteiger partial charge in [-0.25, -0.2) is 9.97 Å². The number of rotatable bonds is 6. The molecule has 1 fully saturated rings. The Morgan fingerprint density at radius 3 is 2.44 bits per heavy atom. The largest absolute Gasteiger partial charge is 0.342 e. The first kappa shape index (κ1) is 20.6. The normalized spacial score (nSPS) is 14.7. The predicted octanol–water partition coefficient (Wildman–Crippen LogP) is 3.78. The minimum Gasteiger partial charge on any atom is -0.342 e. The van der Waals surface area contributed by atoms with Gasteiger partial charge in [-0.3, -0.25) is 4.79 Å². The molecule has 0 radical (unpaired) electrons. The van der Waals surface area contributed by atoms with E-state index in [4.69, 9.17) is 0 Å². The second-order valence-corrected chi connectivity index (χ2v) is 8.95. The number of amides is 1. The van der Waals surface area contributed by atoms with Crippen molar-refractivity contribution in [2.75, 3.05) is 18.8 Å². The van der Waals surface area contributed by atoms with E-state index in [9.17, 15) is 4.79 Å². The van der Waals surface area contributed by atoms with Crippen molar-refractivity contribution in [1.29, 1.82) is 0 Å². The lowest BCUT2D eigenvalue weighted by molar-refractivity contribution is -0.129. The second kappa shape index (κ2) is 9.48. The smallest absolute Gasteiger partial charge is 0.232 e. The van der Waals surface area contributed by atoms with Crippen LogP contribution < -0.4 is 0 Å². The highest BCUT2D eigenvalue weighted by Gasteiger charge is 2.23. The molecule has 0 unspecified atom stereocenters. The van der Waals surface area contributed by atoms with E-state index in [2.05, 4.69) is 50.6 Å². The third kappa shape index (κ3) is 4.50. The van der Waals surface area contributed by atoms with Gasteiger partial charge in [0.1, 0.15) is 11.4 Å². The number of hydrogen-bond acceptors (Lipinski definition) is 6. The Morgan fingerprint density at radius 2 is 1.69 bits per heavy atom. The van der Waals surface area contributed by atoms with E-state index in [1.54, 1.807) is 4.68 Å². The summed E-state index contributed by atoms with van der Waals surface area (Å²) in [7, 11) is 0. The van der Waals surface area contributed by atoms with Gasteiger partial charge in [0.2, 0.25) is 5.91 Å². The third-order valence-corrected chi connectivity index (χ3v) is 6.84. The lowest BCUT2D eigenvalue weighted by Gasteiger charge is -2.32. The van der Waals surface area contributed by atoms with Crippen LogP contribution in [0.5, 0.6) is 0 Å². The Morgan fingerprint density at radius 1 is 0.969 bits per heavy atom. The van der Waals surface area contributed by atoms with Crippen LogP contribution in [0, 0.1) is 5.92 Å². The Balaban J connectivity index is 1.19. The van der Waals surface area contributed by atoms with Gasteiger partial charge in [0, 0.05) is 13.1 Å². The van der Waals surface area contributed by atoms with E-state index in [-0.39, 0.29) is 5.91 Å². The standard InChI is InChI=1S/C24H24N6OS/c31-21(29-13-11-19(12-14-29)15-18-7-3-1-4-8-18)16-32-24-22-23(25-17-26-24)30(28-27-22)20-9-5-2-6-10-20/h1-10,17,19H,11-16H2. The number of thioether (sulfide) groups is 1. The summed E-state index contributed by atoms with van der Waals surface area (Å²) in [5.74, 6) is 1.13. The summed E-state index contributed by atoms with van der Waals surface area (Å²) in [5.41, 5.74) is 3.53. The number of piperidine rings is 1. The van der Waals surface area contributed by atoms with Gasteiger partial charge < -0.3 is 4.90 Å². The minimum absolute atomic E-state index is 0.148. The Kier molecular flexibility index (Phi) is 6.11. The topological polar surface area (TPSA) is 76.8 Å². The fourth-order valence-corrected chi connectivity index (χ4v) is 4.97. The second-order valence-electron chi connectivity index (χ2n) is 7.99. The van der Waals surface area contributed by atoms with Crippen molar-refractivity contribution in [3.63, 3.8) is 0 Å². The lowest BCUT2D eigenvalue weighted by Crippen LogP contribution is -2.39. The summed E-state index contributed by atoms with van der Waals surface area (Å²) in [6.07, 6.45) is 4.70. The van der Waals surface area contributed by atoms with Crippen LogP contribution in [-0.4, -0.2) is 54.6 Å². The Bertz CT molecular complexity index is 1190. The first-order valence-electron chi connectivity index (χ1n) is 10.8. The number of aromatic nitrogens is 5. The van der Waals surface area contributed by atoms with Gasteiger partial charge in [-0.1, -0.05) is 65.5 Å². The van der Waals surface area contributed by atoms with Crippen molar-refractivity contribution < 1.29 is 4.79 Å². The number of fused-ring (bicyclic) bond motifs is 1. The molecule has 0 spiro atoms. The molecule has 0 atom stereocenters. The van der Waals surface area contributed by atoms with Crippen molar-refractivity contribution in [2.24, 2.45) is 5.92 Å². The van der Waals surface area contributed by atoms with Crippen molar-refractivity contribution in [3.8, 4) is 5.69 Å². The van der Waals surface area contributed by atoms with E-state index >= 15 is 0 Å². The number of carbonyl (C=O) groups is 1. The van der Waals surface area contributed by atoms with Crippen LogP contribution in [0.2, 0.25) is 0 Å². The van der Waals surface area contributed by atoms with Gasteiger partial charge in [-0.05, 0) is 42.9 Å². The van der Waals surface area contributed by atoms with Crippen LogP contribution in [0.4, 0.5) is 0 Å². The Hall–Kier alpha value is -3.26. The molecule has 1 aliphatic rings. The Labute approximate surface area is 190 Å². The van der Waals surface area contributed by atoms with Crippen molar-refractivity contribution in [2.45, 2.75) is 24.3 Å². The quantitative estimate of drug-likeness (QED) is 0.333. The fourth-order valence-electron chi connectivity index (χ4n) is 4.13. The summed E-state index contributed by atoms with van der Waals surface area (Å²) in [4.78, 5) is 23.5. The zero-order valence-electron chi connectivity index (χ0n) is 17.7. The highest BCUT2D eigenvalue weighted by atomic mass is 32.2. The molecular formula is C24H24N6OS. The van der Waals surface area contributed by atoms with Gasteiger partial charge in [0.15, 0.2) is 11.2 Å². The first-order valence-corrected chi connectivity index (χ1v) is 11.8. The zero-order valence-corrected chi connectivity index (χ0v) is 18.5. The average molecular weight is 445 g/mol. The van der Waals surface area contributed by atoms with E-state index in [1.807, 2.05) is 35.2 Å². The number of carbonyl (C=O) groups excluding carboxylic acids is 1. The van der Waals surface area contributed by atoms with Gasteiger partial charge in [0.25, 0.3) is 0 Å². The molecule has 0 N–H and O–H groups in total. The minimum atomic E-state index is 0.148. The zero-order chi connectivity index (χ0) is 21.8. The maximum Gasteiger partial charge on any atom is 0.232 e. The number of hydrogen-bond donors (Lipinski definition) is 0. The molecule has 4 aromatic rings. The molecule has 1 saturated heterocycles. The van der Waals surface area contributed by atoms with Gasteiger partial charge >= 0.3 is 0 Å². The van der Waals surface area contributed by atoms with Gasteiger partial charge in [-0.2, -0.15) is 4.68 Å². The average Bonchev–Trinajstić information content (AvgIpc) is 3.29. The predicted molar refractivity (Wildman–Crippen MR) is 125 cm³/mol. The van der Waals surface area contributed by atoms with Crippen LogP contribution in [0.3, 0.4) is 0 Å². The molecule has 162 valence electrons. The van der Waals surface area contributed by atoms with Crippen LogP contribution in [0.25, 0.3) is 16.9 Å². The molecule has 7 nitrogen and oxygen atoms in total. The molecule has 2 aromatic heterocycles. The molecule has 2 aromatic carbocycles. The van der Waals surface area contributed by atoms with Crippen molar-refractivity contribution in [1.82, 2.24) is 29.9 Å². The molecule has 0 bridgehead atoms. The van der Waals surface area contributed by atoms with E-state index in [0.29, 0.717) is 27.9 Å². The molecule has 8 heteroatoms. The SMILES string of the molecule is O=C(CSc1ncnc2c1nnn2-c1ccccc1)N1CCC(Cc2ccccc2)CC1. The number of likely N-dealkylation sites (tertiary alicyclic amines) is 1. The number of benzene rings is 2. The molecule has 0 aliphatic carbocycles. The lowest BCUT2D eigenvalue weighted by atomic mass is 9.90. The third-order valence-electron chi connectivity index (χ3n) is 5.87. The molecule has 1 aliphatic heterocycles. The molecule has 0 saturated carbocycles. The van der Waals surface area contributed by atoms with Gasteiger partial charge in [-0.15, -0.1) is 5.10 Å². The number of nitrogens with zero attached hydrogens (tertiary/aromatic N) is 6. The highest BCUT2D eigenvalue weighted by molar-refractivity contribution is 8.00. The van der Waals surface area contributed by atoms with Crippen LogP contribution >= 0.6 is 11.8 Å². The maximum absolute atomic E-state index is 12.8. The van der Waals surface area contributed by atoms with E-state index in [1.165, 1.54) is 23.7 Å². The fraction of sp³-hybridized carbons (Fsp3) is 0.292. The van der Waals surface area contributed by atoms with E-state index in [0.717, 1.165) is 38.0 Å². The van der Waals surface area contributed by atoms with Crippen LogP contribution in [0.15, 0.2) is 72.0 Å². The molecular weight excluding hydrogens is 420 g/mol. The summed E-state index contributed by atoms with van der Waals surface area (Å²) in [6, 6.07) is 20.4. The maximum atomic E-state index is 12.8. The summed E-state index contributed by atoms with van der Waals surface area (Å²) >= 11 is 1.41. The van der Waals surface area contributed by atoms with Crippen molar-refractivity contribution in [3.05, 3.63) is 72.6 Å². The molecule has 1 amide bonds.